The summed E-state index contributed by atoms with van der Waals surface area (Å²) < 4.78 is 11.0. The van der Waals surface area contributed by atoms with Gasteiger partial charge in [-0.3, -0.25) is 4.79 Å². The molecule has 7 heteroatoms. The van der Waals surface area contributed by atoms with Crippen molar-refractivity contribution in [1.29, 1.82) is 0 Å². The molecule has 0 unspecified atom stereocenters. The summed E-state index contributed by atoms with van der Waals surface area (Å²) in [6.07, 6.45) is 0.124. The van der Waals surface area contributed by atoms with Crippen LogP contribution in [0.15, 0.2) is 42.5 Å². The van der Waals surface area contributed by atoms with E-state index < -0.39 is 5.97 Å². The molecule has 0 radical (unpaired) electrons. The molecule has 3 aromatic rings. The molecule has 0 aliphatic heterocycles. The van der Waals surface area contributed by atoms with E-state index in [0.29, 0.717) is 33.2 Å². The molecule has 0 saturated carbocycles. The van der Waals surface area contributed by atoms with Crippen LogP contribution < -0.4 is 9.47 Å². The van der Waals surface area contributed by atoms with E-state index in [1.165, 1.54) is 0 Å². The number of benzene rings is 2. The summed E-state index contributed by atoms with van der Waals surface area (Å²) in [4.78, 5) is 19.9. The Hall–Kier alpha value is -2.86. The van der Waals surface area contributed by atoms with E-state index in [1.807, 2.05) is 0 Å². The lowest BCUT2D eigenvalue weighted by molar-refractivity contribution is -0.136. The van der Waals surface area contributed by atoms with E-state index in [9.17, 15) is 4.79 Å². The summed E-state index contributed by atoms with van der Waals surface area (Å²) in [6, 6.07) is 12.2. The lowest BCUT2D eigenvalue weighted by Crippen LogP contribution is -2.04. The fraction of sp³-hybridized carbons (Fsp3) is 0.167. The topological polar surface area (TPSA) is 81.5 Å². The van der Waals surface area contributed by atoms with E-state index in [1.54, 1.807) is 49.6 Å². The highest BCUT2D eigenvalue weighted by Gasteiger charge is 2.13. The van der Waals surface area contributed by atoms with Gasteiger partial charge in [0.2, 0.25) is 5.88 Å². The smallest absolute Gasteiger partial charge is 0.303 e. The van der Waals surface area contributed by atoms with Crippen molar-refractivity contribution in [2.24, 2.45) is 0 Å². The molecule has 0 amide bonds. The van der Waals surface area contributed by atoms with Crippen molar-refractivity contribution in [2.75, 3.05) is 7.11 Å². The van der Waals surface area contributed by atoms with Gasteiger partial charge in [-0.05, 0) is 30.3 Å². The van der Waals surface area contributed by atoms with Gasteiger partial charge < -0.3 is 14.6 Å². The van der Waals surface area contributed by atoms with Crippen LogP contribution in [0.1, 0.15) is 12.1 Å². The van der Waals surface area contributed by atoms with Gasteiger partial charge in [-0.25, -0.2) is 9.97 Å². The molecular formula is C18H15ClN2O4. The lowest BCUT2D eigenvalue weighted by Gasteiger charge is -2.11. The van der Waals surface area contributed by atoms with Gasteiger partial charge in [0.05, 0.1) is 24.6 Å². The molecule has 0 spiro atoms. The second kappa shape index (κ2) is 7.36. The Morgan fingerprint density at radius 2 is 1.92 bits per heavy atom. The number of aromatic nitrogens is 2. The summed E-state index contributed by atoms with van der Waals surface area (Å²) in [5, 5.41) is 9.49. The molecule has 3 rings (SSSR count). The minimum atomic E-state index is -0.916. The van der Waals surface area contributed by atoms with Crippen LogP contribution in [0, 0.1) is 0 Å². The molecule has 2 aromatic carbocycles. The number of hydrogen-bond donors (Lipinski definition) is 1. The van der Waals surface area contributed by atoms with E-state index >= 15 is 0 Å². The number of halogens is 1. The lowest BCUT2D eigenvalue weighted by atomic mass is 10.2. The number of ether oxygens (including phenoxy) is 2. The minimum Gasteiger partial charge on any atom is -0.497 e. The standard InChI is InChI=1S/C18H15ClN2O4/c1-24-12-3-2-4-13(10-12)25-18-15(7-8-17(22)23)20-16-9-11(19)5-6-14(16)21-18/h2-6,9-10H,7-8H2,1H3,(H,22,23). The van der Waals surface area contributed by atoms with Crippen LogP contribution in [-0.4, -0.2) is 28.2 Å². The minimum absolute atomic E-state index is 0.0742. The number of rotatable bonds is 6. The van der Waals surface area contributed by atoms with Crippen LogP contribution in [0.25, 0.3) is 11.0 Å². The zero-order valence-corrected chi connectivity index (χ0v) is 14.2. The van der Waals surface area contributed by atoms with E-state index in [0.717, 1.165) is 0 Å². The third-order valence-corrected chi connectivity index (χ3v) is 3.73. The quantitative estimate of drug-likeness (QED) is 0.714. The van der Waals surface area contributed by atoms with Crippen molar-refractivity contribution in [3.63, 3.8) is 0 Å². The molecule has 0 aliphatic rings. The van der Waals surface area contributed by atoms with Gasteiger partial charge >= 0.3 is 5.97 Å². The van der Waals surface area contributed by atoms with Crippen molar-refractivity contribution in [3.8, 4) is 17.4 Å². The molecule has 0 bridgehead atoms. The monoisotopic (exact) mass is 358 g/mol. The van der Waals surface area contributed by atoms with Gasteiger partial charge in [-0.2, -0.15) is 0 Å². The normalized spacial score (nSPS) is 10.6. The maximum absolute atomic E-state index is 10.9. The number of nitrogens with zero attached hydrogens (tertiary/aromatic N) is 2. The Morgan fingerprint density at radius 3 is 2.68 bits per heavy atom. The van der Waals surface area contributed by atoms with Crippen molar-refractivity contribution >= 4 is 28.6 Å². The van der Waals surface area contributed by atoms with Gasteiger partial charge in [0.1, 0.15) is 17.2 Å². The Bertz CT molecular complexity index is 930. The molecule has 25 heavy (non-hydrogen) atoms. The Labute approximate surface area is 149 Å². The maximum Gasteiger partial charge on any atom is 0.303 e. The first-order chi connectivity index (χ1) is 12.0. The zero-order valence-electron chi connectivity index (χ0n) is 13.4. The second-order valence-electron chi connectivity index (χ2n) is 5.28. The number of carboxylic acids is 1. The van der Waals surface area contributed by atoms with Crippen LogP contribution in [0.3, 0.4) is 0 Å². The van der Waals surface area contributed by atoms with Crippen LogP contribution in [0.2, 0.25) is 5.02 Å². The number of fused-ring (bicyclic) bond motifs is 1. The van der Waals surface area contributed by atoms with Gasteiger partial charge in [0.15, 0.2) is 0 Å². The average molecular weight is 359 g/mol. The fourth-order valence-corrected chi connectivity index (χ4v) is 2.46. The third kappa shape index (κ3) is 4.16. The number of carboxylic acid groups (broad SMARTS) is 1. The summed E-state index contributed by atoms with van der Waals surface area (Å²) in [5.74, 6) is 0.522. The molecule has 0 saturated heterocycles. The SMILES string of the molecule is COc1cccc(Oc2nc3ccc(Cl)cc3nc2CCC(=O)O)c1. The third-order valence-electron chi connectivity index (χ3n) is 3.49. The molecule has 1 N–H and O–H groups in total. The Morgan fingerprint density at radius 1 is 1.12 bits per heavy atom. The Balaban J connectivity index is 2.01. The summed E-state index contributed by atoms with van der Waals surface area (Å²) in [6.45, 7) is 0. The number of aryl methyl sites for hydroxylation is 1. The second-order valence-corrected chi connectivity index (χ2v) is 5.72. The van der Waals surface area contributed by atoms with Crippen LogP contribution >= 0.6 is 11.6 Å². The molecule has 0 atom stereocenters. The largest absolute Gasteiger partial charge is 0.497 e. The van der Waals surface area contributed by atoms with E-state index in [4.69, 9.17) is 26.2 Å². The Kier molecular flexibility index (Phi) is 5.00. The molecular weight excluding hydrogens is 344 g/mol. The predicted octanol–water partition coefficient (Wildman–Crippen LogP) is 4.10. The molecule has 0 fully saturated rings. The van der Waals surface area contributed by atoms with Gasteiger partial charge in [0.25, 0.3) is 0 Å². The molecule has 1 aromatic heterocycles. The number of aliphatic carboxylic acids is 1. The fourth-order valence-electron chi connectivity index (χ4n) is 2.29. The first kappa shape index (κ1) is 17.0. The maximum atomic E-state index is 10.9. The van der Waals surface area contributed by atoms with Crippen LogP contribution in [0.4, 0.5) is 0 Å². The van der Waals surface area contributed by atoms with E-state index in [-0.39, 0.29) is 18.7 Å². The molecule has 128 valence electrons. The highest BCUT2D eigenvalue weighted by Crippen LogP contribution is 2.28. The number of methoxy groups -OCH3 is 1. The highest BCUT2D eigenvalue weighted by atomic mass is 35.5. The molecule has 0 aliphatic carbocycles. The van der Waals surface area contributed by atoms with Gasteiger partial charge in [-0.15, -0.1) is 0 Å². The van der Waals surface area contributed by atoms with Gasteiger partial charge in [-0.1, -0.05) is 17.7 Å². The predicted molar refractivity (Wildman–Crippen MR) is 93.6 cm³/mol. The number of carbonyl (C=O) groups is 1. The first-order valence-electron chi connectivity index (χ1n) is 7.55. The van der Waals surface area contributed by atoms with Crippen molar-refractivity contribution in [1.82, 2.24) is 9.97 Å². The number of hydrogen-bond acceptors (Lipinski definition) is 5. The summed E-state index contributed by atoms with van der Waals surface area (Å²) in [5.41, 5.74) is 1.66. The van der Waals surface area contributed by atoms with Crippen molar-refractivity contribution < 1.29 is 19.4 Å². The highest BCUT2D eigenvalue weighted by molar-refractivity contribution is 6.31. The summed E-state index contributed by atoms with van der Waals surface area (Å²) in [7, 11) is 1.57. The first-order valence-corrected chi connectivity index (χ1v) is 7.93. The zero-order chi connectivity index (χ0) is 17.8. The summed E-state index contributed by atoms with van der Waals surface area (Å²) >= 11 is 5.99. The van der Waals surface area contributed by atoms with Crippen molar-refractivity contribution in [2.45, 2.75) is 12.8 Å². The average Bonchev–Trinajstić information content (AvgIpc) is 2.60. The van der Waals surface area contributed by atoms with Crippen molar-refractivity contribution in [3.05, 3.63) is 53.2 Å². The van der Waals surface area contributed by atoms with Gasteiger partial charge in [0, 0.05) is 17.5 Å². The van der Waals surface area contributed by atoms with E-state index in [2.05, 4.69) is 9.97 Å². The molecule has 6 nitrogen and oxygen atoms in total. The molecule has 1 heterocycles. The van der Waals surface area contributed by atoms with Crippen LogP contribution in [0.5, 0.6) is 17.4 Å². The van der Waals surface area contributed by atoms with Crippen LogP contribution in [-0.2, 0) is 11.2 Å².